The van der Waals surface area contributed by atoms with Crippen LogP contribution in [-0.4, -0.2) is 30.9 Å². The molecule has 0 aliphatic heterocycles. The average molecular weight is 196 g/mol. The zero-order chi connectivity index (χ0) is 10.0. The number of allylic oxidation sites excluding steroid dienone is 1. The van der Waals surface area contributed by atoms with Gasteiger partial charge in [-0.25, -0.2) is 0 Å². The Morgan fingerprint density at radius 2 is 1.75 bits per heavy atom. The number of hydrogen-bond donors (Lipinski definition) is 2. The van der Waals surface area contributed by atoms with E-state index in [2.05, 4.69) is 6.92 Å². The minimum absolute atomic E-state index is 0.181. The Morgan fingerprint density at radius 1 is 1.33 bits per heavy atom. The highest BCUT2D eigenvalue weighted by Gasteiger charge is 1.81. The average Bonchev–Trinajstić information content (AvgIpc) is 1.85. The Kier molecular flexibility index (Phi) is 10.3. The van der Waals surface area contributed by atoms with Crippen molar-refractivity contribution in [3.05, 3.63) is 12.2 Å². The molecule has 0 amide bonds. The van der Waals surface area contributed by atoms with Gasteiger partial charge in [-0.3, -0.25) is 4.55 Å². The lowest BCUT2D eigenvalue weighted by Crippen LogP contribution is -1.88. The first kappa shape index (κ1) is 14.2. The van der Waals surface area contributed by atoms with Gasteiger partial charge in [0.15, 0.2) is 0 Å². The number of rotatable bonds is 3. The van der Waals surface area contributed by atoms with Gasteiger partial charge in [0, 0.05) is 0 Å². The highest BCUT2D eigenvalue weighted by atomic mass is 32.2. The Labute approximate surface area is 73.7 Å². The summed E-state index contributed by atoms with van der Waals surface area (Å²) >= 11 is 0. The monoisotopic (exact) mass is 196 g/mol. The molecule has 2 N–H and O–H groups in total. The summed E-state index contributed by atoms with van der Waals surface area (Å²) in [5.41, 5.74) is 0. The quantitative estimate of drug-likeness (QED) is 0.518. The lowest BCUT2D eigenvalue weighted by Gasteiger charge is -1.79. The van der Waals surface area contributed by atoms with E-state index < -0.39 is 10.1 Å². The summed E-state index contributed by atoms with van der Waals surface area (Å²) in [7, 11) is -3.67. The molecule has 12 heavy (non-hydrogen) atoms. The third kappa shape index (κ3) is 54.7. The van der Waals surface area contributed by atoms with Crippen LogP contribution in [0, 0.1) is 0 Å². The van der Waals surface area contributed by atoms with E-state index in [-0.39, 0.29) is 6.61 Å². The summed E-state index contributed by atoms with van der Waals surface area (Å²) in [4.78, 5) is 0. The fraction of sp³-hybridized carbons (Fsp3) is 0.714. The minimum Gasteiger partial charge on any atom is -0.392 e. The highest BCUT2D eigenvalue weighted by Crippen LogP contribution is 1.85. The molecule has 0 aromatic carbocycles. The van der Waals surface area contributed by atoms with Crippen LogP contribution < -0.4 is 0 Å². The van der Waals surface area contributed by atoms with Crippen LogP contribution in [0.5, 0.6) is 0 Å². The molecule has 0 aromatic rings. The molecule has 0 aliphatic carbocycles. The van der Waals surface area contributed by atoms with Crippen LogP contribution in [-0.2, 0) is 10.1 Å². The third-order valence-electron chi connectivity index (χ3n) is 0.727. The Bertz CT molecular complexity index is 185. The fourth-order valence-electron chi connectivity index (χ4n) is 0.359. The van der Waals surface area contributed by atoms with Crippen molar-refractivity contribution in [2.24, 2.45) is 0 Å². The SMILES string of the molecule is CCCC=CCO.CS(=O)(=O)O. The molecule has 0 spiro atoms. The predicted molar refractivity (Wildman–Crippen MR) is 48.6 cm³/mol. The van der Waals surface area contributed by atoms with Gasteiger partial charge in [0.2, 0.25) is 0 Å². The predicted octanol–water partition coefficient (Wildman–Crippen LogP) is 0.839. The molecule has 0 radical (unpaired) electrons. The van der Waals surface area contributed by atoms with Gasteiger partial charge in [0.05, 0.1) is 12.9 Å². The van der Waals surface area contributed by atoms with Gasteiger partial charge in [-0.2, -0.15) is 8.42 Å². The maximum absolute atomic E-state index is 9.19. The topological polar surface area (TPSA) is 74.6 Å². The molecule has 0 heterocycles. The molecule has 0 saturated heterocycles. The summed E-state index contributed by atoms with van der Waals surface area (Å²) in [6, 6.07) is 0. The molecule has 0 bridgehead atoms. The Balaban J connectivity index is 0. The first-order chi connectivity index (χ1) is 5.41. The van der Waals surface area contributed by atoms with Gasteiger partial charge < -0.3 is 5.11 Å². The van der Waals surface area contributed by atoms with Crippen LogP contribution in [0.4, 0.5) is 0 Å². The van der Waals surface area contributed by atoms with Gasteiger partial charge in [0.25, 0.3) is 10.1 Å². The standard InChI is InChI=1S/C6H12O.CH4O3S/c1-2-3-4-5-6-7;1-5(2,3)4/h4-5,7H,2-3,6H2,1H3;1H3,(H,2,3,4). The van der Waals surface area contributed by atoms with Crippen molar-refractivity contribution in [1.29, 1.82) is 0 Å². The molecular formula is C7H16O4S. The van der Waals surface area contributed by atoms with Crippen molar-refractivity contribution in [2.45, 2.75) is 19.8 Å². The molecule has 0 fully saturated rings. The zero-order valence-electron chi connectivity index (χ0n) is 7.40. The van der Waals surface area contributed by atoms with Crippen LogP contribution in [0.25, 0.3) is 0 Å². The number of aliphatic hydroxyl groups is 1. The molecule has 4 nitrogen and oxygen atoms in total. The van der Waals surface area contributed by atoms with Crippen molar-refractivity contribution in [3.8, 4) is 0 Å². The van der Waals surface area contributed by atoms with Crippen molar-refractivity contribution in [3.63, 3.8) is 0 Å². The van der Waals surface area contributed by atoms with Crippen molar-refractivity contribution >= 4 is 10.1 Å². The largest absolute Gasteiger partial charge is 0.392 e. The lowest BCUT2D eigenvalue weighted by atomic mass is 10.3. The van der Waals surface area contributed by atoms with Gasteiger partial charge in [0.1, 0.15) is 0 Å². The van der Waals surface area contributed by atoms with E-state index in [9.17, 15) is 8.42 Å². The molecule has 5 heteroatoms. The van der Waals surface area contributed by atoms with Crippen molar-refractivity contribution in [1.82, 2.24) is 0 Å². The molecular weight excluding hydrogens is 180 g/mol. The minimum atomic E-state index is -3.67. The highest BCUT2D eigenvalue weighted by molar-refractivity contribution is 7.85. The molecule has 0 aliphatic rings. The number of aliphatic hydroxyl groups excluding tert-OH is 1. The van der Waals surface area contributed by atoms with Crippen LogP contribution in [0.15, 0.2) is 12.2 Å². The van der Waals surface area contributed by atoms with E-state index in [1.54, 1.807) is 6.08 Å². The van der Waals surface area contributed by atoms with Gasteiger partial charge >= 0.3 is 0 Å². The van der Waals surface area contributed by atoms with E-state index >= 15 is 0 Å². The summed E-state index contributed by atoms with van der Waals surface area (Å²) in [6.07, 6.45) is 6.72. The fourth-order valence-corrected chi connectivity index (χ4v) is 0.359. The normalized spacial score (nSPS) is 11.0. The number of hydrogen-bond acceptors (Lipinski definition) is 3. The maximum Gasteiger partial charge on any atom is 0.261 e. The smallest absolute Gasteiger partial charge is 0.261 e. The summed E-state index contributed by atoms with van der Waals surface area (Å²) in [6.45, 7) is 2.29. The summed E-state index contributed by atoms with van der Waals surface area (Å²) in [5, 5.41) is 8.21. The molecule has 0 atom stereocenters. The van der Waals surface area contributed by atoms with Crippen LogP contribution in [0.1, 0.15) is 19.8 Å². The molecule has 0 aromatic heterocycles. The summed E-state index contributed by atoms with van der Waals surface area (Å²) in [5.74, 6) is 0. The molecule has 0 unspecified atom stereocenters. The second kappa shape index (κ2) is 8.70. The maximum atomic E-state index is 9.19. The van der Waals surface area contributed by atoms with Crippen LogP contribution in [0.2, 0.25) is 0 Å². The van der Waals surface area contributed by atoms with Crippen molar-refractivity contribution in [2.75, 3.05) is 12.9 Å². The van der Waals surface area contributed by atoms with Crippen molar-refractivity contribution < 1.29 is 18.1 Å². The van der Waals surface area contributed by atoms with E-state index in [4.69, 9.17) is 9.66 Å². The number of unbranched alkanes of at least 4 members (excludes halogenated alkanes) is 1. The van der Waals surface area contributed by atoms with Gasteiger partial charge in [-0.05, 0) is 6.42 Å². The molecule has 0 saturated carbocycles. The van der Waals surface area contributed by atoms with E-state index in [1.165, 1.54) is 0 Å². The Hall–Kier alpha value is -0.390. The molecule has 74 valence electrons. The van der Waals surface area contributed by atoms with E-state index in [0.717, 1.165) is 12.8 Å². The first-order valence-corrected chi connectivity index (χ1v) is 5.45. The second-order valence-electron chi connectivity index (χ2n) is 2.18. The third-order valence-corrected chi connectivity index (χ3v) is 0.727. The van der Waals surface area contributed by atoms with E-state index in [0.29, 0.717) is 6.26 Å². The second-order valence-corrected chi connectivity index (χ2v) is 3.64. The van der Waals surface area contributed by atoms with Gasteiger partial charge in [-0.15, -0.1) is 0 Å². The summed E-state index contributed by atoms with van der Waals surface area (Å²) < 4.78 is 25.9. The Morgan fingerprint density at radius 3 is 2.00 bits per heavy atom. The lowest BCUT2D eigenvalue weighted by molar-refractivity contribution is 0.342. The van der Waals surface area contributed by atoms with E-state index in [1.807, 2.05) is 6.08 Å². The zero-order valence-corrected chi connectivity index (χ0v) is 8.21. The molecule has 0 rings (SSSR count). The van der Waals surface area contributed by atoms with Crippen LogP contribution >= 0.6 is 0 Å². The first-order valence-electron chi connectivity index (χ1n) is 3.60. The van der Waals surface area contributed by atoms with Gasteiger partial charge in [-0.1, -0.05) is 25.5 Å². The van der Waals surface area contributed by atoms with Crippen LogP contribution in [0.3, 0.4) is 0 Å².